The zero-order valence-electron chi connectivity index (χ0n) is 7.51. The van der Waals surface area contributed by atoms with Crippen LogP contribution in [0.25, 0.3) is 0 Å². The van der Waals surface area contributed by atoms with Crippen molar-refractivity contribution in [2.75, 3.05) is 25.5 Å². The predicted molar refractivity (Wildman–Crippen MR) is 52.6 cm³/mol. The summed E-state index contributed by atoms with van der Waals surface area (Å²) in [7, 11) is 0. The molecule has 0 aromatic rings. The van der Waals surface area contributed by atoms with Crippen molar-refractivity contribution in [3.8, 4) is 0 Å². The number of hydrogen-bond acceptors (Lipinski definition) is 3. The molecule has 0 aliphatic carbocycles. The number of thiol groups is 1. The number of rotatable bonds is 7. The number of carbonyl (C=O) groups is 1. The molecule has 0 unspecified atom stereocenters. The zero-order valence-corrected chi connectivity index (χ0v) is 8.40. The Labute approximate surface area is 79.3 Å². The minimum Gasteiger partial charge on any atom is -0.380 e. The van der Waals surface area contributed by atoms with Crippen LogP contribution in [0.4, 0.5) is 0 Å². The molecule has 0 rings (SSSR count). The molecular weight excluding hydrogens is 174 g/mol. The highest BCUT2D eigenvalue weighted by Gasteiger charge is 1.94. The van der Waals surface area contributed by atoms with Gasteiger partial charge in [-0.3, -0.25) is 4.79 Å². The maximum Gasteiger partial charge on any atom is 0.229 e. The molecule has 12 heavy (non-hydrogen) atoms. The van der Waals surface area contributed by atoms with E-state index in [0.717, 1.165) is 19.4 Å². The first-order valence-corrected chi connectivity index (χ1v) is 4.89. The topological polar surface area (TPSA) is 38.3 Å². The van der Waals surface area contributed by atoms with Gasteiger partial charge in [0.25, 0.3) is 0 Å². The molecule has 0 atom stereocenters. The number of unbranched alkanes of at least 4 members (excludes halogenated alkanes) is 1. The molecular formula is C8H17NO2S. The van der Waals surface area contributed by atoms with Crippen LogP contribution < -0.4 is 5.32 Å². The highest BCUT2D eigenvalue weighted by Crippen LogP contribution is 1.86. The lowest BCUT2D eigenvalue weighted by Crippen LogP contribution is -2.28. The van der Waals surface area contributed by atoms with Crippen LogP contribution in [0.15, 0.2) is 0 Å². The highest BCUT2D eigenvalue weighted by molar-refractivity contribution is 7.81. The van der Waals surface area contributed by atoms with Crippen LogP contribution in [0.5, 0.6) is 0 Å². The number of nitrogens with one attached hydrogen (secondary N) is 1. The molecule has 0 aliphatic rings. The van der Waals surface area contributed by atoms with Gasteiger partial charge < -0.3 is 10.1 Å². The van der Waals surface area contributed by atoms with Crippen molar-refractivity contribution in [3.63, 3.8) is 0 Å². The maximum absolute atomic E-state index is 10.7. The fourth-order valence-electron chi connectivity index (χ4n) is 0.667. The lowest BCUT2D eigenvalue weighted by molar-refractivity contribution is -0.118. The lowest BCUT2D eigenvalue weighted by Gasteiger charge is -2.03. The van der Waals surface area contributed by atoms with Crippen molar-refractivity contribution in [3.05, 3.63) is 0 Å². The summed E-state index contributed by atoms with van der Waals surface area (Å²) in [6.45, 7) is 4.09. The summed E-state index contributed by atoms with van der Waals surface area (Å²) in [6, 6.07) is 0. The lowest BCUT2D eigenvalue weighted by atomic mass is 10.4. The van der Waals surface area contributed by atoms with Crippen LogP contribution in [-0.2, 0) is 9.53 Å². The smallest absolute Gasteiger partial charge is 0.229 e. The molecule has 0 heterocycles. The Bertz CT molecular complexity index is 120. The van der Waals surface area contributed by atoms with Crippen LogP contribution in [0.1, 0.15) is 19.8 Å². The van der Waals surface area contributed by atoms with Crippen LogP contribution >= 0.6 is 12.6 Å². The molecule has 0 aromatic heterocycles. The molecule has 72 valence electrons. The summed E-state index contributed by atoms with van der Waals surface area (Å²) >= 11 is 3.82. The van der Waals surface area contributed by atoms with Gasteiger partial charge >= 0.3 is 0 Å². The van der Waals surface area contributed by atoms with Crippen molar-refractivity contribution in [1.82, 2.24) is 5.32 Å². The monoisotopic (exact) mass is 191 g/mol. The number of carbonyl (C=O) groups excluding carboxylic acids is 1. The van der Waals surface area contributed by atoms with Crippen molar-refractivity contribution in [2.24, 2.45) is 0 Å². The Morgan fingerprint density at radius 3 is 2.83 bits per heavy atom. The molecule has 1 amide bonds. The van der Waals surface area contributed by atoms with E-state index in [1.807, 2.05) is 0 Å². The summed E-state index contributed by atoms with van der Waals surface area (Å²) in [5.41, 5.74) is 0. The van der Waals surface area contributed by atoms with Gasteiger partial charge in [0.15, 0.2) is 0 Å². The van der Waals surface area contributed by atoms with Crippen LogP contribution in [0.2, 0.25) is 0 Å². The molecule has 1 N–H and O–H groups in total. The Balaban J connectivity index is 2.95. The Morgan fingerprint density at radius 2 is 2.25 bits per heavy atom. The van der Waals surface area contributed by atoms with Crippen molar-refractivity contribution in [2.45, 2.75) is 19.8 Å². The van der Waals surface area contributed by atoms with Gasteiger partial charge in [-0.1, -0.05) is 13.3 Å². The molecule has 0 radical (unpaired) electrons. The summed E-state index contributed by atoms with van der Waals surface area (Å²) in [5, 5.41) is 2.67. The van der Waals surface area contributed by atoms with Gasteiger partial charge in [0.1, 0.15) is 0 Å². The summed E-state index contributed by atoms with van der Waals surface area (Å²) in [5.74, 6) is 0.201. The van der Waals surface area contributed by atoms with Gasteiger partial charge in [-0.2, -0.15) is 12.6 Å². The van der Waals surface area contributed by atoms with Gasteiger partial charge in [0.05, 0.1) is 12.4 Å². The first-order valence-electron chi connectivity index (χ1n) is 4.26. The Morgan fingerprint density at radius 1 is 1.50 bits per heavy atom. The van der Waals surface area contributed by atoms with Gasteiger partial charge in [-0.25, -0.2) is 0 Å². The van der Waals surface area contributed by atoms with E-state index in [-0.39, 0.29) is 11.7 Å². The Hall–Kier alpha value is -0.220. The Kier molecular flexibility index (Phi) is 8.71. The van der Waals surface area contributed by atoms with E-state index in [4.69, 9.17) is 4.74 Å². The number of hydrogen-bond donors (Lipinski definition) is 2. The predicted octanol–water partition coefficient (Wildman–Crippen LogP) is 0.849. The van der Waals surface area contributed by atoms with E-state index in [1.54, 1.807) is 0 Å². The molecule has 4 heteroatoms. The quantitative estimate of drug-likeness (QED) is 0.462. The van der Waals surface area contributed by atoms with Gasteiger partial charge in [-0.05, 0) is 6.42 Å². The highest BCUT2D eigenvalue weighted by atomic mass is 32.1. The van der Waals surface area contributed by atoms with E-state index in [1.165, 1.54) is 0 Å². The maximum atomic E-state index is 10.7. The standard InChI is InChI=1S/C8H17NO2S/c1-2-3-5-11-6-4-9-8(10)7-12/h12H,2-7H2,1H3,(H,9,10). The summed E-state index contributed by atoms with van der Waals surface area (Å²) in [6.07, 6.45) is 2.23. The first kappa shape index (κ1) is 11.8. The third kappa shape index (κ3) is 7.88. The molecule has 3 nitrogen and oxygen atoms in total. The average Bonchev–Trinajstić information content (AvgIpc) is 2.10. The van der Waals surface area contributed by atoms with Gasteiger partial charge in [-0.15, -0.1) is 0 Å². The minimum atomic E-state index is -0.0441. The van der Waals surface area contributed by atoms with Crippen LogP contribution in [-0.4, -0.2) is 31.4 Å². The third-order valence-corrected chi connectivity index (χ3v) is 1.64. The van der Waals surface area contributed by atoms with Crippen LogP contribution in [0.3, 0.4) is 0 Å². The summed E-state index contributed by atoms with van der Waals surface area (Å²) in [4.78, 5) is 10.7. The summed E-state index contributed by atoms with van der Waals surface area (Å²) < 4.78 is 5.23. The van der Waals surface area contributed by atoms with Gasteiger partial charge in [0, 0.05) is 13.2 Å². The normalized spacial score (nSPS) is 9.83. The second-order valence-corrected chi connectivity index (χ2v) is 2.79. The first-order chi connectivity index (χ1) is 5.81. The second-order valence-electron chi connectivity index (χ2n) is 2.47. The largest absolute Gasteiger partial charge is 0.380 e. The SMILES string of the molecule is CCCCOCCNC(=O)CS. The van der Waals surface area contributed by atoms with Gasteiger partial charge in [0.2, 0.25) is 5.91 Å². The van der Waals surface area contributed by atoms with Crippen molar-refractivity contribution < 1.29 is 9.53 Å². The minimum absolute atomic E-state index is 0.0441. The number of ether oxygens (including phenoxy) is 1. The third-order valence-electron chi connectivity index (χ3n) is 1.35. The van der Waals surface area contributed by atoms with E-state index >= 15 is 0 Å². The molecule has 0 spiro atoms. The molecule has 0 saturated carbocycles. The van der Waals surface area contributed by atoms with E-state index in [0.29, 0.717) is 13.2 Å². The fraction of sp³-hybridized carbons (Fsp3) is 0.875. The fourth-order valence-corrected chi connectivity index (χ4v) is 0.779. The van der Waals surface area contributed by atoms with Crippen LogP contribution in [0, 0.1) is 0 Å². The molecule has 0 aromatic carbocycles. The van der Waals surface area contributed by atoms with Crippen molar-refractivity contribution in [1.29, 1.82) is 0 Å². The molecule has 0 saturated heterocycles. The van der Waals surface area contributed by atoms with E-state index in [2.05, 4.69) is 24.9 Å². The zero-order chi connectivity index (χ0) is 9.23. The van der Waals surface area contributed by atoms with Crippen molar-refractivity contribution >= 4 is 18.5 Å². The molecule has 0 bridgehead atoms. The van der Waals surface area contributed by atoms with E-state index in [9.17, 15) is 4.79 Å². The molecule has 0 fully saturated rings. The van der Waals surface area contributed by atoms with E-state index < -0.39 is 0 Å². The average molecular weight is 191 g/mol. The molecule has 0 aliphatic heterocycles. The number of amides is 1. The second kappa shape index (κ2) is 8.87.